The molecule has 132 valence electrons. The van der Waals surface area contributed by atoms with Crippen molar-refractivity contribution in [3.8, 4) is 0 Å². The summed E-state index contributed by atoms with van der Waals surface area (Å²) in [5.74, 6) is 1.53. The second-order valence-corrected chi connectivity index (χ2v) is 7.03. The number of nitrogens with zero attached hydrogens (tertiary/aromatic N) is 5. The van der Waals surface area contributed by atoms with Gasteiger partial charge in [0.15, 0.2) is 0 Å². The second-order valence-electron chi connectivity index (χ2n) is 7.03. The number of hydrogen-bond donors (Lipinski definition) is 1. The van der Waals surface area contributed by atoms with Crippen LogP contribution in [-0.2, 0) is 24.9 Å². The van der Waals surface area contributed by atoms with Gasteiger partial charge in [0, 0.05) is 37.5 Å². The van der Waals surface area contributed by atoms with E-state index in [0.717, 1.165) is 31.1 Å². The molecule has 3 rings (SSSR count). The van der Waals surface area contributed by atoms with Gasteiger partial charge in [0.05, 0.1) is 12.2 Å². The molecule has 0 unspecified atom stereocenters. The highest BCUT2D eigenvalue weighted by molar-refractivity contribution is 5.29. The lowest BCUT2D eigenvalue weighted by molar-refractivity contribution is 0.0972. The molecule has 7 heteroatoms. The third-order valence-corrected chi connectivity index (χ3v) is 4.70. The molecule has 7 nitrogen and oxygen atoms in total. The van der Waals surface area contributed by atoms with E-state index in [2.05, 4.69) is 48.2 Å². The fourth-order valence-corrected chi connectivity index (χ4v) is 3.43. The molecule has 2 aromatic rings. The van der Waals surface area contributed by atoms with E-state index in [1.807, 2.05) is 16.4 Å². The summed E-state index contributed by atoms with van der Waals surface area (Å²) in [6, 6.07) is 0.274. The second kappa shape index (κ2) is 7.03. The molecule has 2 atom stereocenters. The van der Waals surface area contributed by atoms with E-state index in [1.165, 1.54) is 11.3 Å². The summed E-state index contributed by atoms with van der Waals surface area (Å²) in [7, 11) is 1.98. The van der Waals surface area contributed by atoms with Crippen molar-refractivity contribution in [1.82, 2.24) is 29.9 Å². The van der Waals surface area contributed by atoms with Crippen LogP contribution in [0.4, 0.5) is 0 Å². The van der Waals surface area contributed by atoms with E-state index in [1.54, 1.807) is 6.33 Å². The summed E-state index contributed by atoms with van der Waals surface area (Å²) < 4.78 is 9.96. The zero-order chi connectivity index (χ0) is 17.3. The van der Waals surface area contributed by atoms with Gasteiger partial charge in [-0.3, -0.25) is 4.68 Å². The predicted molar refractivity (Wildman–Crippen MR) is 91.5 cm³/mol. The van der Waals surface area contributed by atoms with Crippen molar-refractivity contribution in [3.05, 3.63) is 29.1 Å². The van der Waals surface area contributed by atoms with Gasteiger partial charge < -0.3 is 10.1 Å². The molecular weight excluding hydrogens is 304 g/mol. The van der Waals surface area contributed by atoms with E-state index in [4.69, 9.17) is 4.74 Å². The van der Waals surface area contributed by atoms with E-state index < -0.39 is 0 Å². The number of nitrogens with one attached hydrogen (secondary N) is 1. The summed E-state index contributed by atoms with van der Waals surface area (Å²) in [6.07, 6.45) is 2.69. The largest absolute Gasteiger partial charge is 0.372 e. The van der Waals surface area contributed by atoms with Crippen molar-refractivity contribution >= 4 is 0 Å². The lowest BCUT2D eigenvalue weighted by atomic mass is 10.0. The molecule has 1 aliphatic heterocycles. The molecule has 1 N–H and O–H groups in total. The Morgan fingerprint density at radius 3 is 2.83 bits per heavy atom. The Kier molecular flexibility index (Phi) is 5.01. The molecule has 3 heterocycles. The first-order valence-electron chi connectivity index (χ1n) is 8.69. The average molecular weight is 332 g/mol. The van der Waals surface area contributed by atoms with Gasteiger partial charge in [-0.15, -0.1) is 0 Å². The molecule has 1 saturated heterocycles. The number of rotatable bonds is 6. The summed E-state index contributed by atoms with van der Waals surface area (Å²) in [4.78, 5) is 4.40. The predicted octanol–water partition coefficient (Wildman–Crippen LogP) is 1.90. The van der Waals surface area contributed by atoms with Crippen LogP contribution in [-0.4, -0.2) is 37.2 Å². The highest BCUT2D eigenvalue weighted by atomic mass is 16.5. The van der Waals surface area contributed by atoms with E-state index in [0.29, 0.717) is 12.5 Å². The molecule has 0 amide bonds. The van der Waals surface area contributed by atoms with E-state index in [-0.39, 0.29) is 12.1 Å². The van der Waals surface area contributed by atoms with Crippen LogP contribution in [0.25, 0.3) is 0 Å². The van der Waals surface area contributed by atoms with Crippen LogP contribution in [0.15, 0.2) is 6.33 Å². The van der Waals surface area contributed by atoms with Crippen LogP contribution in [0.2, 0.25) is 0 Å². The lowest BCUT2D eigenvalue weighted by Crippen LogP contribution is -2.33. The zero-order valence-electron chi connectivity index (χ0n) is 15.3. The molecule has 2 aromatic heterocycles. The van der Waals surface area contributed by atoms with Crippen molar-refractivity contribution in [1.29, 1.82) is 0 Å². The van der Waals surface area contributed by atoms with Crippen molar-refractivity contribution in [3.63, 3.8) is 0 Å². The van der Waals surface area contributed by atoms with Crippen LogP contribution < -0.4 is 5.32 Å². The van der Waals surface area contributed by atoms with Crippen molar-refractivity contribution < 1.29 is 4.74 Å². The first-order valence-corrected chi connectivity index (χ1v) is 8.69. The molecule has 0 saturated carbocycles. The minimum Gasteiger partial charge on any atom is -0.372 e. The number of aryl methyl sites for hydroxylation is 2. The minimum absolute atomic E-state index is 0.0557. The van der Waals surface area contributed by atoms with Crippen molar-refractivity contribution in [2.24, 2.45) is 13.0 Å². The summed E-state index contributed by atoms with van der Waals surface area (Å²) in [5, 5.41) is 12.5. The topological polar surface area (TPSA) is 69.8 Å². The maximum absolute atomic E-state index is 6.03. The normalized spacial score (nSPS) is 21.1. The Bertz CT molecular complexity index is 689. The highest BCUT2D eigenvalue weighted by Crippen LogP contribution is 2.33. The molecule has 0 spiro atoms. The standard InChI is InChI=1S/C17H28N6O/c1-11(2)9-23-15(19-10-20-23)8-18-14-6-7-24-17(14)16-12(3)21-22(5)13(16)4/h10-11,14,17-18H,6-9H2,1-5H3/t14-,17-/m0/s1. The van der Waals surface area contributed by atoms with Crippen LogP contribution in [0, 0.1) is 19.8 Å². The molecule has 0 aliphatic carbocycles. The summed E-state index contributed by atoms with van der Waals surface area (Å²) in [5.41, 5.74) is 3.45. The monoisotopic (exact) mass is 332 g/mol. The Balaban J connectivity index is 1.70. The Labute approximate surface area is 143 Å². The average Bonchev–Trinajstić information content (AvgIpc) is 3.19. The highest BCUT2D eigenvalue weighted by Gasteiger charge is 2.33. The smallest absolute Gasteiger partial charge is 0.140 e. The molecule has 1 fully saturated rings. The lowest BCUT2D eigenvalue weighted by Gasteiger charge is -2.21. The molecule has 0 aromatic carbocycles. The fraction of sp³-hybridized carbons (Fsp3) is 0.706. The fourth-order valence-electron chi connectivity index (χ4n) is 3.43. The number of ether oxygens (including phenoxy) is 1. The van der Waals surface area contributed by atoms with Gasteiger partial charge in [-0.2, -0.15) is 10.2 Å². The quantitative estimate of drug-likeness (QED) is 0.875. The van der Waals surface area contributed by atoms with Crippen LogP contribution in [0.5, 0.6) is 0 Å². The van der Waals surface area contributed by atoms with Gasteiger partial charge in [0.2, 0.25) is 0 Å². The third-order valence-electron chi connectivity index (χ3n) is 4.70. The molecule has 0 bridgehead atoms. The maximum atomic E-state index is 6.03. The van der Waals surface area contributed by atoms with E-state index in [9.17, 15) is 0 Å². The minimum atomic E-state index is 0.0557. The van der Waals surface area contributed by atoms with Crippen LogP contribution >= 0.6 is 0 Å². The maximum Gasteiger partial charge on any atom is 0.140 e. The van der Waals surface area contributed by atoms with Gasteiger partial charge in [0.1, 0.15) is 18.3 Å². The number of aromatic nitrogens is 5. The Hall–Kier alpha value is -1.73. The first kappa shape index (κ1) is 17.1. The van der Waals surface area contributed by atoms with Gasteiger partial charge in [-0.05, 0) is 26.2 Å². The third kappa shape index (κ3) is 3.37. The van der Waals surface area contributed by atoms with Crippen molar-refractivity contribution in [2.45, 2.75) is 59.4 Å². The van der Waals surface area contributed by atoms with Crippen LogP contribution in [0.3, 0.4) is 0 Å². The Morgan fingerprint density at radius 2 is 2.17 bits per heavy atom. The zero-order valence-corrected chi connectivity index (χ0v) is 15.3. The van der Waals surface area contributed by atoms with E-state index >= 15 is 0 Å². The molecule has 24 heavy (non-hydrogen) atoms. The van der Waals surface area contributed by atoms with Gasteiger partial charge in [0.25, 0.3) is 0 Å². The summed E-state index contributed by atoms with van der Waals surface area (Å²) in [6.45, 7) is 10.9. The van der Waals surface area contributed by atoms with Gasteiger partial charge >= 0.3 is 0 Å². The molecule has 0 radical (unpaired) electrons. The molecule has 1 aliphatic rings. The van der Waals surface area contributed by atoms with Gasteiger partial charge in [-0.1, -0.05) is 13.8 Å². The van der Waals surface area contributed by atoms with Crippen LogP contribution in [0.1, 0.15) is 49.1 Å². The molecular formula is C17H28N6O. The first-order chi connectivity index (χ1) is 11.5. The van der Waals surface area contributed by atoms with Crippen molar-refractivity contribution in [2.75, 3.05) is 6.61 Å². The summed E-state index contributed by atoms with van der Waals surface area (Å²) >= 11 is 0. The Morgan fingerprint density at radius 1 is 1.38 bits per heavy atom. The number of hydrogen-bond acceptors (Lipinski definition) is 5. The van der Waals surface area contributed by atoms with Gasteiger partial charge in [-0.25, -0.2) is 9.67 Å². The SMILES string of the molecule is Cc1nn(C)c(C)c1[C@H]1OCC[C@@H]1NCc1ncnn1CC(C)C.